The van der Waals surface area contributed by atoms with Gasteiger partial charge in [0.15, 0.2) is 0 Å². The normalized spacial score (nSPS) is 19.6. The lowest BCUT2D eigenvalue weighted by atomic mass is 10.2. The first-order valence-electron chi connectivity index (χ1n) is 6.89. The highest BCUT2D eigenvalue weighted by molar-refractivity contribution is 7.16. The van der Waals surface area contributed by atoms with Crippen molar-refractivity contribution >= 4 is 28.8 Å². The lowest BCUT2D eigenvalue weighted by Gasteiger charge is -2.32. The van der Waals surface area contributed by atoms with E-state index in [1.807, 2.05) is 18.2 Å². The first-order chi connectivity index (χ1) is 10.3. The van der Waals surface area contributed by atoms with E-state index in [2.05, 4.69) is 26.5 Å². The number of ether oxygens (including phenoxy) is 1. The maximum absolute atomic E-state index is 5.98. The predicted molar refractivity (Wildman–Crippen MR) is 84.9 cm³/mol. The van der Waals surface area contributed by atoms with Crippen molar-refractivity contribution in [2.45, 2.75) is 12.6 Å². The Morgan fingerprint density at radius 1 is 1.43 bits per heavy atom. The highest BCUT2D eigenvalue weighted by Gasteiger charge is 2.20. The minimum absolute atomic E-state index is 0.163. The van der Waals surface area contributed by atoms with Gasteiger partial charge in [0, 0.05) is 37.3 Å². The zero-order valence-corrected chi connectivity index (χ0v) is 13.1. The van der Waals surface area contributed by atoms with Crippen molar-refractivity contribution in [3.8, 4) is 0 Å². The SMILES string of the molecule is Clc1ccc(CN2CCO[C@H](CNc3cccnn3)C2)s1. The third-order valence-electron chi connectivity index (χ3n) is 3.31. The summed E-state index contributed by atoms with van der Waals surface area (Å²) in [7, 11) is 0. The number of rotatable bonds is 5. The van der Waals surface area contributed by atoms with E-state index in [-0.39, 0.29) is 6.10 Å². The van der Waals surface area contributed by atoms with E-state index in [1.165, 1.54) is 4.88 Å². The molecule has 0 radical (unpaired) electrons. The van der Waals surface area contributed by atoms with Crippen LogP contribution in [0.25, 0.3) is 0 Å². The molecule has 21 heavy (non-hydrogen) atoms. The number of morpholine rings is 1. The van der Waals surface area contributed by atoms with Crippen LogP contribution in [0.4, 0.5) is 5.82 Å². The summed E-state index contributed by atoms with van der Waals surface area (Å²) in [5.41, 5.74) is 0. The summed E-state index contributed by atoms with van der Waals surface area (Å²) in [6.45, 7) is 4.29. The summed E-state index contributed by atoms with van der Waals surface area (Å²) < 4.78 is 6.64. The molecule has 3 heterocycles. The average Bonchev–Trinajstić information content (AvgIpc) is 2.92. The molecule has 2 aromatic heterocycles. The fraction of sp³-hybridized carbons (Fsp3) is 0.429. The summed E-state index contributed by atoms with van der Waals surface area (Å²) in [6.07, 6.45) is 1.83. The van der Waals surface area contributed by atoms with Gasteiger partial charge in [0.1, 0.15) is 5.82 Å². The predicted octanol–water partition coefficient (Wildman–Crippen LogP) is 2.50. The van der Waals surface area contributed by atoms with Crippen LogP contribution in [-0.2, 0) is 11.3 Å². The van der Waals surface area contributed by atoms with Gasteiger partial charge in [-0.25, -0.2) is 0 Å². The molecule has 7 heteroatoms. The van der Waals surface area contributed by atoms with Crippen LogP contribution in [0.1, 0.15) is 4.88 Å². The number of hydrogen-bond donors (Lipinski definition) is 1. The van der Waals surface area contributed by atoms with E-state index in [0.29, 0.717) is 0 Å². The Morgan fingerprint density at radius 3 is 3.14 bits per heavy atom. The van der Waals surface area contributed by atoms with Crippen molar-refractivity contribution in [1.29, 1.82) is 0 Å². The van der Waals surface area contributed by atoms with Gasteiger partial charge in [-0.3, -0.25) is 4.90 Å². The summed E-state index contributed by atoms with van der Waals surface area (Å²) in [5, 5.41) is 11.1. The first-order valence-corrected chi connectivity index (χ1v) is 8.09. The maximum atomic E-state index is 5.98. The molecule has 0 amide bonds. The van der Waals surface area contributed by atoms with Crippen molar-refractivity contribution < 1.29 is 4.74 Å². The zero-order valence-electron chi connectivity index (χ0n) is 11.5. The number of thiophene rings is 1. The van der Waals surface area contributed by atoms with Crippen LogP contribution in [0.15, 0.2) is 30.5 Å². The molecule has 5 nitrogen and oxygen atoms in total. The topological polar surface area (TPSA) is 50.3 Å². The molecule has 1 aliphatic rings. The van der Waals surface area contributed by atoms with Crippen LogP contribution in [0.5, 0.6) is 0 Å². The molecule has 1 atom stereocenters. The van der Waals surface area contributed by atoms with E-state index >= 15 is 0 Å². The lowest BCUT2D eigenvalue weighted by Crippen LogP contribution is -2.44. The largest absolute Gasteiger partial charge is 0.374 e. The number of anilines is 1. The number of hydrogen-bond acceptors (Lipinski definition) is 6. The monoisotopic (exact) mass is 324 g/mol. The molecule has 1 saturated heterocycles. The van der Waals surface area contributed by atoms with Crippen LogP contribution in [0.2, 0.25) is 4.34 Å². The summed E-state index contributed by atoms with van der Waals surface area (Å²) in [4.78, 5) is 3.69. The Hall–Kier alpha value is -1.21. The van der Waals surface area contributed by atoms with E-state index in [1.54, 1.807) is 17.5 Å². The van der Waals surface area contributed by atoms with Gasteiger partial charge in [-0.1, -0.05) is 11.6 Å². The van der Waals surface area contributed by atoms with E-state index in [0.717, 1.165) is 42.9 Å². The first kappa shape index (κ1) is 14.7. The van der Waals surface area contributed by atoms with E-state index in [4.69, 9.17) is 16.3 Å². The lowest BCUT2D eigenvalue weighted by molar-refractivity contribution is -0.0237. The van der Waals surface area contributed by atoms with Gasteiger partial charge < -0.3 is 10.1 Å². The second-order valence-corrected chi connectivity index (χ2v) is 6.72. The fourth-order valence-electron chi connectivity index (χ4n) is 2.32. The smallest absolute Gasteiger partial charge is 0.148 e. The fourth-order valence-corrected chi connectivity index (χ4v) is 3.45. The summed E-state index contributed by atoms with van der Waals surface area (Å²) in [6, 6.07) is 7.82. The number of aromatic nitrogens is 2. The number of halogens is 1. The minimum atomic E-state index is 0.163. The van der Waals surface area contributed by atoms with Gasteiger partial charge in [-0.15, -0.1) is 16.4 Å². The van der Waals surface area contributed by atoms with Crippen molar-refractivity contribution in [3.05, 3.63) is 39.7 Å². The standard InChI is InChI=1S/C14H17ClN4OS/c15-13-4-3-12(21-13)10-19-6-7-20-11(9-19)8-16-14-2-1-5-17-18-14/h1-5,11H,6-10H2,(H,16,18)/t11-/m1/s1. The quantitative estimate of drug-likeness (QED) is 0.915. The van der Waals surface area contributed by atoms with E-state index in [9.17, 15) is 0 Å². The summed E-state index contributed by atoms with van der Waals surface area (Å²) in [5.74, 6) is 0.781. The minimum Gasteiger partial charge on any atom is -0.374 e. The molecule has 0 spiro atoms. The van der Waals surface area contributed by atoms with Crippen molar-refractivity contribution in [1.82, 2.24) is 15.1 Å². The molecule has 0 aromatic carbocycles. The van der Waals surface area contributed by atoms with Gasteiger partial charge in [-0.05, 0) is 24.3 Å². The second-order valence-electron chi connectivity index (χ2n) is 4.92. The molecule has 2 aromatic rings. The molecule has 0 aliphatic carbocycles. The Kier molecular flexibility index (Phi) is 5.03. The molecule has 0 unspecified atom stereocenters. The Morgan fingerprint density at radius 2 is 2.38 bits per heavy atom. The van der Waals surface area contributed by atoms with Crippen LogP contribution in [0, 0.1) is 0 Å². The molecule has 112 valence electrons. The molecule has 1 N–H and O–H groups in total. The molecule has 0 saturated carbocycles. The van der Waals surface area contributed by atoms with Crippen LogP contribution >= 0.6 is 22.9 Å². The maximum Gasteiger partial charge on any atom is 0.148 e. The molecular formula is C14H17ClN4OS. The zero-order chi connectivity index (χ0) is 14.5. The van der Waals surface area contributed by atoms with Crippen molar-refractivity contribution in [3.63, 3.8) is 0 Å². The molecular weight excluding hydrogens is 308 g/mol. The van der Waals surface area contributed by atoms with Crippen LogP contribution < -0.4 is 5.32 Å². The third-order valence-corrected chi connectivity index (χ3v) is 4.53. The highest BCUT2D eigenvalue weighted by Crippen LogP contribution is 2.23. The van der Waals surface area contributed by atoms with Crippen molar-refractivity contribution in [2.24, 2.45) is 0 Å². The van der Waals surface area contributed by atoms with Gasteiger partial charge in [-0.2, -0.15) is 5.10 Å². The highest BCUT2D eigenvalue weighted by atomic mass is 35.5. The van der Waals surface area contributed by atoms with Gasteiger partial charge >= 0.3 is 0 Å². The van der Waals surface area contributed by atoms with Gasteiger partial charge in [0.05, 0.1) is 17.0 Å². The van der Waals surface area contributed by atoms with Crippen LogP contribution in [-0.4, -0.2) is 47.4 Å². The van der Waals surface area contributed by atoms with Crippen molar-refractivity contribution in [2.75, 3.05) is 31.6 Å². The molecule has 3 rings (SSSR count). The van der Waals surface area contributed by atoms with Gasteiger partial charge in [0.25, 0.3) is 0 Å². The molecule has 1 aliphatic heterocycles. The molecule has 1 fully saturated rings. The average molecular weight is 325 g/mol. The van der Waals surface area contributed by atoms with E-state index < -0.39 is 0 Å². The number of nitrogens with one attached hydrogen (secondary N) is 1. The third kappa shape index (κ3) is 4.38. The Balaban J connectivity index is 1.49. The second kappa shape index (κ2) is 7.17. The van der Waals surface area contributed by atoms with Crippen LogP contribution in [0.3, 0.4) is 0 Å². The van der Waals surface area contributed by atoms with Gasteiger partial charge in [0.2, 0.25) is 0 Å². The number of nitrogens with zero attached hydrogens (tertiary/aromatic N) is 3. The Labute approximate surface area is 132 Å². The Bertz CT molecular complexity index is 565. The molecule has 0 bridgehead atoms. The summed E-state index contributed by atoms with van der Waals surface area (Å²) >= 11 is 7.62.